The fraction of sp³-hybridized carbons (Fsp3) is 0.400. The van der Waals surface area contributed by atoms with Gasteiger partial charge in [-0.25, -0.2) is 0 Å². The number of nitrogens with two attached hydrogens (primary N) is 1. The Morgan fingerprint density at radius 2 is 2.08 bits per heavy atom. The summed E-state index contributed by atoms with van der Waals surface area (Å²) in [5, 5.41) is 0. The first kappa shape index (κ1) is 12.3. The Kier molecular flexibility index (Phi) is 5.51. The minimum absolute atomic E-state index is 0. The van der Waals surface area contributed by atoms with Gasteiger partial charge in [0.05, 0.1) is 7.11 Å². The van der Waals surface area contributed by atoms with E-state index in [2.05, 4.69) is 13.0 Å². The molecule has 13 heavy (non-hydrogen) atoms. The molecule has 0 fully saturated rings. The molecular formula is C10H16ClNO. The largest absolute Gasteiger partial charge is 0.496 e. The number of benzene rings is 1. The second-order valence-corrected chi connectivity index (χ2v) is 2.70. The second-order valence-electron chi connectivity index (χ2n) is 2.70. The quantitative estimate of drug-likeness (QED) is 0.814. The van der Waals surface area contributed by atoms with Crippen LogP contribution < -0.4 is 10.5 Å². The maximum atomic E-state index is 5.52. The molecule has 0 saturated heterocycles. The Labute approximate surface area is 85.5 Å². The number of hydrogen-bond acceptors (Lipinski definition) is 2. The fourth-order valence-electron chi connectivity index (χ4n) is 1.24. The van der Waals surface area contributed by atoms with Gasteiger partial charge >= 0.3 is 0 Å². The maximum absolute atomic E-state index is 5.52. The Morgan fingerprint density at radius 1 is 1.38 bits per heavy atom. The Morgan fingerprint density at radius 3 is 2.54 bits per heavy atom. The van der Waals surface area contributed by atoms with Crippen LogP contribution in [0.25, 0.3) is 0 Å². The summed E-state index contributed by atoms with van der Waals surface area (Å²) in [5.41, 5.74) is 7.91. The summed E-state index contributed by atoms with van der Waals surface area (Å²) in [5.74, 6) is 0.953. The van der Waals surface area contributed by atoms with Crippen LogP contribution in [0.3, 0.4) is 0 Å². The van der Waals surface area contributed by atoms with Gasteiger partial charge in [-0.15, -0.1) is 12.4 Å². The Balaban J connectivity index is 0.00000144. The van der Waals surface area contributed by atoms with E-state index in [1.54, 1.807) is 7.11 Å². The van der Waals surface area contributed by atoms with Crippen LogP contribution in [0.15, 0.2) is 18.2 Å². The van der Waals surface area contributed by atoms with Crippen LogP contribution in [0.4, 0.5) is 0 Å². The number of ether oxygens (including phenoxy) is 1. The standard InChI is InChI=1S/C10H15NO.ClH/c1-3-9-6-8(7-11)4-5-10(9)12-2;/h4-6H,3,7,11H2,1-2H3;1H. The molecule has 0 aromatic heterocycles. The van der Waals surface area contributed by atoms with Crippen molar-refractivity contribution in [2.45, 2.75) is 19.9 Å². The summed E-state index contributed by atoms with van der Waals surface area (Å²) in [4.78, 5) is 0. The van der Waals surface area contributed by atoms with Gasteiger partial charge in [-0.05, 0) is 23.6 Å². The number of hydrogen-bond donors (Lipinski definition) is 1. The number of rotatable bonds is 3. The van der Waals surface area contributed by atoms with Crippen molar-refractivity contribution in [1.29, 1.82) is 0 Å². The molecule has 0 atom stereocenters. The van der Waals surface area contributed by atoms with E-state index in [1.165, 1.54) is 5.56 Å². The zero-order chi connectivity index (χ0) is 8.97. The minimum Gasteiger partial charge on any atom is -0.496 e. The molecule has 3 heteroatoms. The molecule has 74 valence electrons. The average Bonchev–Trinajstić information content (AvgIpc) is 2.16. The molecule has 0 bridgehead atoms. The van der Waals surface area contributed by atoms with E-state index < -0.39 is 0 Å². The highest BCUT2D eigenvalue weighted by molar-refractivity contribution is 5.85. The summed E-state index contributed by atoms with van der Waals surface area (Å²) in [7, 11) is 1.69. The van der Waals surface area contributed by atoms with Gasteiger partial charge in [0.25, 0.3) is 0 Å². The lowest BCUT2D eigenvalue weighted by Gasteiger charge is -2.07. The highest BCUT2D eigenvalue weighted by atomic mass is 35.5. The van der Waals surface area contributed by atoms with Crippen molar-refractivity contribution in [3.8, 4) is 5.75 Å². The maximum Gasteiger partial charge on any atom is 0.122 e. The molecule has 0 heterocycles. The van der Waals surface area contributed by atoms with Gasteiger partial charge in [-0.1, -0.05) is 19.1 Å². The van der Waals surface area contributed by atoms with E-state index in [-0.39, 0.29) is 12.4 Å². The van der Waals surface area contributed by atoms with Crippen molar-refractivity contribution < 1.29 is 4.74 Å². The molecule has 0 saturated carbocycles. The van der Waals surface area contributed by atoms with Gasteiger partial charge in [0.1, 0.15) is 5.75 Å². The average molecular weight is 202 g/mol. The molecule has 0 radical (unpaired) electrons. The number of methoxy groups -OCH3 is 1. The second kappa shape index (κ2) is 5.84. The van der Waals surface area contributed by atoms with Gasteiger partial charge in [-0.3, -0.25) is 0 Å². The fourth-order valence-corrected chi connectivity index (χ4v) is 1.24. The normalized spacial score (nSPS) is 9.15. The van der Waals surface area contributed by atoms with E-state index in [4.69, 9.17) is 10.5 Å². The van der Waals surface area contributed by atoms with Crippen molar-refractivity contribution in [2.75, 3.05) is 7.11 Å². The van der Waals surface area contributed by atoms with Crippen molar-refractivity contribution >= 4 is 12.4 Å². The molecule has 0 amide bonds. The lowest BCUT2D eigenvalue weighted by Crippen LogP contribution is -1.98. The van der Waals surface area contributed by atoms with Gasteiger partial charge in [0.2, 0.25) is 0 Å². The first-order chi connectivity index (χ1) is 5.81. The van der Waals surface area contributed by atoms with Gasteiger partial charge in [-0.2, -0.15) is 0 Å². The Bertz CT molecular complexity index is 263. The molecule has 0 spiro atoms. The van der Waals surface area contributed by atoms with Gasteiger partial charge in [0.15, 0.2) is 0 Å². The minimum atomic E-state index is 0. The number of aryl methyl sites for hydroxylation is 1. The Hall–Kier alpha value is -0.730. The highest BCUT2D eigenvalue weighted by Crippen LogP contribution is 2.19. The third-order valence-corrected chi connectivity index (χ3v) is 1.96. The molecule has 1 rings (SSSR count). The molecule has 1 aromatic rings. The summed E-state index contributed by atoms with van der Waals surface area (Å²) in [6.45, 7) is 2.70. The third-order valence-electron chi connectivity index (χ3n) is 1.96. The van der Waals surface area contributed by atoms with Crippen LogP contribution in [0.1, 0.15) is 18.1 Å². The lowest BCUT2D eigenvalue weighted by atomic mass is 10.1. The van der Waals surface area contributed by atoms with E-state index in [0.717, 1.165) is 17.7 Å². The van der Waals surface area contributed by atoms with Crippen LogP contribution in [-0.4, -0.2) is 7.11 Å². The van der Waals surface area contributed by atoms with Gasteiger partial charge < -0.3 is 10.5 Å². The van der Waals surface area contributed by atoms with Crippen molar-refractivity contribution in [3.63, 3.8) is 0 Å². The smallest absolute Gasteiger partial charge is 0.122 e. The van der Waals surface area contributed by atoms with Crippen LogP contribution in [0.2, 0.25) is 0 Å². The molecule has 0 aliphatic rings. The highest BCUT2D eigenvalue weighted by Gasteiger charge is 2.00. The summed E-state index contributed by atoms with van der Waals surface area (Å²) in [6, 6.07) is 6.07. The predicted octanol–water partition coefficient (Wildman–Crippen LogP) is 2.14. The van der Waals surface area contributed by atoms with Crippen LogP contribution in [0, 0.1) is 0 Å². The zero-order valence-electron chi connectivity index (χ0n) is 8.04. The third kappa shape index (κ3) is 2.90. The van der Waals surface area contributed by atoms with E-state index in [9.17, 15) is 0 Å². The zero-order valence-corrected chi connectivity index (χ0v) is 8.86. The monoisotopic (exact) mass is 201 g/mol. The van der Waals surface area contributed by atoms with Crippen molar-refractivity contribution in [3.05, 3.63) is 29.3 Å². The molecule has 0 aliphatic heterocycles. The predicted molar refractivity (Wildman–Crippen MR) is 57.5 cm³/mol. The first-order valence-corrected chi connectivity index (χ1v) is 4.17. The lowest BCUT2D eigenvalue weighted by molar-refractivity contribution is 0.410. The molecule has 2 N–H and O–H groups in total. The summed E-state index contributed by atoms with van der Waals surface area (Å²) < 4.78 is 5.19. The van der Waals surface area contributed by atoms with E-state index in [1.807, 2.05) is 12.1 Å². The first-order valence-electron chi connectivity index (χ1n) is 4.17. The molecule has 2 nitrogen and oxygen atoms in total. The van der Waals surface area contributed by atoms with Crippen LogP contribution >= 0.6 is 12.4 Å². The molecular weight excluding hydrogens is 186 g/mol. The van der Waals surface area contributed by atoms with E-state index >= 15 is 0 Å². The molecule has 0 aliphatic carbocycles. The number of halogens is 1. The van der Waals surface area contributed by atoms with Gasteiger partial charge in [0, 0.05) is 6.54 Å². The van der Waals surface area contributed by atoms with Crippen LogP contribution in [-0.2, 0) is 13.0 Å². The summed E-state index contributed by atoms with van der Waals surface area (Å²) in [6.07, 6.45) is 0.983. The topological polar surface area (TPSA) is 35.2 Å². The van der Waals surface area contributed by atoms with E-state index in [0.29, 0.717) is 6.54 Å². The SMILES string of the molecule is CCc1cc(CN)ccc1OC.Cl. The molecule has 0 unspecified atom stereocenters. The van der Waals surface area contributed by atoms with Crippen molar-refractivity contribution in [2.24, 2.45) is 5.73 Å². The molecule has 1 aromatic carbocycles. The van der Waals surface area contributed by atoms with Crippen LogP contribution in [0.5, 0.6) is 5.75 Å². The van der Waals surface area contributed by atoms with Crippen molar-refractivity contribution in [1.82, 2.24) is 0 Å². The summed E-state index contributed by atoms with van der Waals surface area (Å²) >= 11 is 0.